The van der Waals surface area contributed by atoms with Crippen molar-refractivity contribution in [3.8, 4) is 0 Å². The van der Waals surface area contributed by atoms with E-state index >= 15 is 0 Å². The Morgan fingerprint density at radius 2 is 1.79 bits per heavy atom. The lowest BCUT2D eigenvalue weighted by Crippen LogP contribution is -2.32. The summed E-state index contributed by atoms with van der Waals surface area (Å²) in [5.41, 5.74) is 6.11. The van der Waals surface area contributed by atoms with E-state index in [4.69, 9.17) is 5.10 Å². The molecule has 0 bridgehead atoms. The Morgan fingerprint density at radius 1 is 1.14 bits per heavy atom. The van der Waals surface area contributed by atoms with Gasteiger partial charge in [0.2, 0.25) is 5.91 Å². The summed E-state index contributed by atoms with van der Waals surface area (Å²) in [6, 6.07) is 9.19. The fourth-order valence-electron chi connectivity index (χ4n) is 4.01. The normalized spacial score (nSPS) is 14.1. The number of hydrogen-bond donors (Lipinski definition) is 0. The number of carbonyl (C=O) groups excluding carboxylic acids is 1. The number of hydrogen-bond acceptors (Lipinski definition) is 2. The number of amides is 1. The Bertz CT molecular complexity index is 828. The molecule has 1 aromatic carbocycles. The molecule has 2 aromatic rings. The number of benzene rings is 1. The largest absolute Gasteiger partial charge is 0.335 e. The summed E-state index contributed by atoms with van der Waals surface area (Å²) >= 11 is 0. The van der Waals surface area contributed by atoms with Crippen molar-refractivity contribution in [3.05, 3.63) is 52.3 Å². The second kappa shape index (κ2) is 9.15. The molecule has 1 heterocycles. The molecular weight excluding hydrogens is 358 g/mol. The van der Waals surface area contributed by atoms with Crippen LogP contribution in [0.25, 0.3) is 0 Å². The third-order valence-corrected chi connectivity index (χ3v) is 5.97. The van der Waals surface area contributed by atoms with E-state index in [0.29, 0.717) is 24.3 Å². The molecule has 1 aromatic heterocycles. The van der Waals surface area contributed by atoms with Crippen molar-refractivity contribution in [1.29, 1.82) is 0 Å². The minimum Gasteiger partial charge on any atom is -0.335 e. The van der Waals surface area contributed by atoms with Crippen molar-refractivity contribution in [2.24, 2.45) is 5.92 Å². The lowest BCUT2D eigenvalue weighted by Gasteiger charge is -2.23. The molecule has 4 heteroatoms. The third kappa shape index (κ3) is 5.49. The van der Waals surface area contributed by atoms with Crippen molar-refractivity contribution in [3.63, 3.8) is 0 Å². The van der Waals surface area contributed by atoms with Gasteiger partial charge in [-0.05, 0) is 61.6 Å². The molecule has 4 nitrogen and oxygen atoms in total. The summed E-state index contributed by atoms with van der Waals surface area (Å²) in [7, 11) is 0. The Balaban J connectivity index is 1.64. The maximum atomic E-state index is 13.1. The highest BCUT2D eigenvalue weighted by Gasteiger charge is 2.32. The van der Waals surface area contributed by atoms with Gasteiger partial charge in [0.1, 0.15) is 0 Å². The van der Waals surface area contributed by atoms with E-state index in [1.54, 1.807) is 0 Å². The third-order valence-electron chi connectivity index (χ3n) is 5.97. The quantitative estimate of drug-likeness (QED) is 0.570. The topological polar surface area (TPSA) is 38.1 Å². The van der Waals surface area contributed by atoms with E-state index in [9.17, 15) is 4.79 Å². The Hall–Kier alpha value is -2.10. The highest BCUT2D eigenvalue weighted by Crippen LogP contribution is 2.30. The Kier molecular flexibility index (Phi) is 6.81. The number of rotatable bonds is 9. The fourth-order valence-corrected chi connectivity index (χ4v) is 4.01. The summed E-state index contributed by atoms with van der Waals surface area (Å²) in [6.07, 6.45) is 3.63. The van der Waals surface area contributed by atoms with Crippen LogP contribution in [0.5, 0.6) is 0 Å². The molecule has 0 spiro atoms. The monoisotopic (exact) mass is 395 g/mol. The van der Waals surface area contributed by atoms with E-state index in [1.807, 2.05) is 0 Å². The lowest BCUT2D eigenvalue weighted by atomic mass is 10.0. The Morgan fingerprint density at radius 3 is 2.34 bits per heavy atom. The second-order valence-electron chi connectivity index (χ2n) is 9.37. The van der Waals surface area contributed by atoms with Gasteiger partial charge in [0.05, 0.1) is 5.69 Å². The summed E-state index contributed by atoms with van der Waals surface area (Å²) in [4.78, 5) is 15.2. The highest BCUT2D eigenvalue weighted by molar-refractivity contribution is 5.77. The van der Waals surface area contributed by atoms with Crippen molar-refractivity contribution in [1.82, 2.24) is 14.7 Å². The van der Waals surface area contributed by atoms with Crippen molar-refractivity contribution in [2.45, 2.75) is 92.3 Å². The van der Waals surface area contributed by atoms with Gasteiger partial charge in [0.15, 0.2) is 0 Å². The minimum absolute atomic E-state index is 0.274. The van der Waals surface area contributed by atoms with Crippen LogP contribution < -0.4 is 0 Å². The van der Waals surface area contributed by atoms with Gasteiger partial charge in [0, 0.05) is 31.2 Å². The van der Waals surface area contributed by atoms with Crippen LogP contribution in [0.15, 0.2) is 24.3 Å². The molecule has 0 radical (unpaired) electrons. The first-order valence-electron chi connectivity index (χ1n) is 11.2. The van der Waals surface area contributed by atoms with Gasteiger partial charge >= 0.3 is 0 Å². The van der Waals surface area contributed by atoms with Gasteiger partial charge in [-0.1, -0.05) is 52.0 Å². The first kappa shape index (κ1) is 21.6. The van der Waals surface area contributed by atoms with Crippen molar-refractivity contribution >= 4 is 5.91 Å². The highest BCUT2D eigenvalue weighted by atomic mass is 16.2. The molecule has 158 valence electrons. The molecule has 0 N–H and O–H groups in total. The minimum atomic E-state index is 0.274. The van der Waals surface area contributed by atoms with Crippen LogP contribution in [0, 0.1) is 19.8 Å². The van der Waals surface area contributed by atoms with Crippen molar-refractivity contribution in [2.75, 3.05) is 0 Å². The lowest BCUT2D eigenvalue weighted by molar-refractivity contribution is -0.132. The predicted molar refractivity (Wildman–Crippen MR) is 119 cm³/mol. The number of aryl methyl sites for hydroxylation is 1. The summed E-state index contributed by atoms with van der Waals surface area (Å²) in [6.45, 7) is 14.7. The first-order valence-corrected chi connectivity index (χ1v) is 11.2. The number of nitrogens with zero attached hydrogens (tertiary/aromatic N) is 3. The average Bonchev–Trinajstić information content (AvgIpc) is 3.46. The van der Waals surface area contributed by atoms with Gasteiger partial charge in [-0.25, -0.2) is 0 Å². The van der Waals surface area contributed by atoms with Gasteiger partial charge in [0.25, 0.3) is 0 Å². The zero-order valence-electron chi connectivity index (χ0n) is 19.0. The van der Waals surface area contributed by atoms with Gasteiger partial charge in [-0.15, -0.1) is 0 Å². The fraction of sp³-hybridized carbons (Fsp3) is 0.600. The van der Waals surface area contributed by atoms with Crippen molar-refractivity contribution < 1.29 is 4.79 Å². The zero-order chi connectivity index (χ0) is 21.1. The Labute approximate surface area is 176 Å². The second-order valence-corrected chi connectivity index (χ2v) is 9.37. The molecule has 1 aliphatic carbocycles. The molecular formula is C25H37N3O. The van der Waals surface area contributed by atoms with E-state index in [2.05, 4.69) is 75.4 Å². The van der Waals surface area contributed by atoms with Crippen LogP contribution in [0.4, 0.5) is 0 Å². The molecule has 1 fully saturated rings. The van der Waals surface area contributed by atoms with Crippen LogP contribution in [-0.4, -0.2) is 26.6 Å². The number of carbonyl (C=O) groups is 1. The molecule has 1 aliphatic rings. The average molecular weight is 396 g/mol. The van der Waals surface area contributed by atoms with Crippen LogP contribution in [-0.2, 0) is 24.3 Å². The van der Waals surface area contributed by atoms with E-state index < -0.39 is 0 Å². The predicted octanol–water partition coefficient (Wildman–Crippen LogP) is 5.40. The summed E-state index contributed by atoms with van der Waals surface area (Å²) in [5, 5.41) is 4.70. The molecule has 3 rings (SSSR count). The van der Waals surface area contributed by atoms with E-state index in [0.717, 1.165) is 38.0 Å². The van der Waals surface area contributed by atoms with Crippen LogP contribution >= 0.6 is 0 Å². The summed E-state index contributed by atoms with van der Waals surface area (Å²) in [5.74, 6) is 1.37. The molecule has 0 unspecified atom stereocenters. The molecule has 0 atom stereocenters. The standard InChI is InChI=1S/C25H37N3O/c1-17(2)15-28-20(6)24(19(5)26-28)13-14-25(29)27(23-11-12-23)16-21-7-9-22(10-8-21)18(3)4/h7-10,17-18,23H,11-16H2,1-6H3. The molecule has 0 aliphatic heterocycles. The van der Waals surface area contributed by atoms with E-state index in [-0.39, 0.29) is 5.91 Å². The maximum absolute atomic E-state index is 13.1. The first-order chi connectivity index (χ1) is 13.8. The molecule has 1 saturated carbocycles. The smallest absolute Gasteiger partial charge is 0.223 e. The van der Waals surface area contributed by atoms with Crippen LogP contribution in [0.2, 0.25) is 0 Å². The SMILES string of the molecule is Cc1nn(CC(C)C)c(C)c1CCC(=O)N(Cc1ccc(C(C)C)cc1)C1CC1. The van der Waals surface area contributed by atoms with Crippen LogP contribution in [0.3, 0.4) is 0 Å². The van der Waals surface area contributed by atoms with Gasteiger partial charge < -0.3 is 4.90 Å². The maximum Gasteiger partial charge on any atom is 0.223 e. The van der Waals surface area contributed by atoms with Gasteiger partial charge in [-0.3, -0.25) is 9.48 Å². The van der Waals surface area contributed by atoms with Gasteiger partial charge in [-0.2, -0.15) is 5.10 Å². The molecule has 29 heavy (non-hydrogen) atoms. The number of aromatic nitrogens is 2. The van der Waals surface area contributed by atoms with E-state index in [1.165, 1.54) is 22.4 Å². The molecule has 1 amide bonds. The molecule has 0 saturated heterocycles. The summed E-state index contributed by atoms with van der Waals surface area (Å²) < 4.78 is 2.11. The zero-order valence-corrected chi connectivity index (χ0v) is 19.0. The van der Waals surface area contributed by atoms with Crippen LogP contribution in [0.1, 0.15) is 81.0 Å².